The van der Waals surface area contributed by atoms with Crippen molar-refractivity contribution in [2.75, 3.05) is 126 Å². The molecule has 676 valence electrons. The van der Waals surface area contributed by atoms with E-state index < -0.39 is 0 Å². The molecule has 20 rings (SSSR count). The standard InChI is InChI=1S/C28H26FN5O2.C26H23FN4O2.C25H22FN5O2.C23H19ClFN5O2/c1-17-10-11-30-23-9-6-20(16-22(17)23)24-25(18-2-3-18)31-27(33-28(35)34-12-14-36-15-13-34)32-26(24)19-4-7-21(29)8-5-19;1-17-10-11-28-23-8-4-19(16-22(17)23)21-7-9-24(30-26(32)31-12-14-33-15-13-31)29-25(21)18-2-5-20(27)6-3-18;1-16-8-9-27-22-7-4-18(14-20(16)22)21-15-28-24(30-25(32)31-10-12-33-13-11-31)29-23(21)17-2-5-19(26)6-3-17;1-14-11-16(12-19(24)27-14)21-18(26-2)13-20(29-23(31)30-7-9-32-10-8-30)28-22(21)15-3-5-17(25)6-4-15/h4-11,16,18H,2-3,12-15H2,1H3,(H,31,32,33,35);2-11,16H,12-15H2,1H3,(H,29,30,32);2-9,14-15H,10-13H2,1H3,(H,28,29,30,32);3-6,11-13H,7-10H2,1H3,(H,28,29,31). The van der Waals surface area contributed by atoms with Gasteiger partial charge in [0.15, 0.2) is 0 Å². The van der Waals surface area contributed by atoms with Crippen LogP contribution in [0.2, 0.25) is 5.15 Å². The summed E-state index contributed by atoms with van der Waals surface area (Å²) in [5.41, 5.74) is 19.8. The Hall–Kier alpha value is -15.2. The molecule has 4 aliphatic heterocycles. The Kier molecular flexibility index (Phi) is 28.1. The molecule has 0 spiro atoms. The highest BCUT2D eigenvalue weighted by atomic mass is 35.5. The van der Waals surface area contributed by atoms with Gasteiger partial charge in [-0.3, -0.25) is 36.2 Å². The summed E-state index contributed by atoms with van der Waals surface area (Å²) in [5, 5.41) is 14.8. The van der Waals surface area contributed by atoms with Gasteiger partial charge >= 0.3 is 24.1 Å². The first-order valence-corrected chi connectivity index (χ1v) is 44.1. The Labute approximate surface area is 773 Å². The Morgan fingerprint density at radius 3 is 1.18 bits per heavy atom. The largest absolute Gasteiger partial charge is 0.378 e. The van der Waals surface area contributed by atoms with Gasteiger partial charge in [0.25, 0.3) is 0 Å². The summed E-state index contributed by atoms with van der Waals surface area (Å²) >= 11 is 6.17. The highest BCUT2D eigenvalue weighted by Gasteiger charge is 2.33. The summed E-state index contributed by atoms with van der Waals surface area (Å²) in [6, 6.07) is 56.3. The molecule has 27 nitrogen and oxygen atoms in total. The highest BCUT2D eigenvalue weighted by Crippen LogP contribution is 2.48. The third kappa shape index (κ3) is 21.7. The molecular weight excluding hydrogens is 1730 g/mol. The van der Waals surface area contributed by atoms with Gasteiger partial charge in [0.1, 0.15) is 40.1 Å². The fourth-order valence-electron chi connectivity index (χ4n) is 16.0. The molecule has 1 aliphatic carbocycles. The average Bonchev–Trinajstić information content (AvgIpc) is 1.75. The molecule has 4 saturated heterocycles. The maximum absolute atomic E-state index is 13.8. The number of pyridine rings is 6. The van der Waals surface area contributed by atoms with Gasteiger partial charge in [-0.05, 0) is 267 Å². The number of aryl methyl sites for hydroxylation is 4. The average molecular weight is 1820 g/mol. The number of anilines is 4. The first-order chi connectivity index (χ1) is 65.2. The quantitative estimate of drug-likeness (QED) is 0.0474. The van der Waals surface area contributed by atoms with Gasteiger partial charge in [0.2, 0.25) is 17.6 Å². The molecule has 15 aromatic rings. The maximum atomic E-state index is 13.8. The third-order valence-corrected chi connectivity index (χ3v) is 23.5. The summed E-state index contributed by atoms with van der Waals surface area (Å²) in [5.74, 6) is 0.0493. The number of nitrogens with one attached hydrogen (secondary N) is 4. The third-order valence-electron chi connectivity index (χ3n) is 23.3. The summed E-state index contributed by atoms with van der Waals surface area (Å²) in [4.78, 5) is 107. The van der Waals surface area contributed by atoms with Crippen molar-refractivity contribution in [3.05, 3.63) is 293 Å². The van der Waals surface area contributed by atoms with Gasteiger partial charge in [-0.25, -0.2) is 76.5 Å². The van der Waals surface area contributed by atoms with Crippen molar-refractivity contribution in [1.29, 1.82) is 0 Å². The number of nitrogens with zero attached hydrogens (tertiary/aromatic N) is 15. The predicted octanol–water partition coefficient (Wildman–Crippen LogP) is 20.8. The Balaban J connectivity index is 0.000000125. The lowest BCUT2D eigenvalue weighted by atomic mass is 9.94. The van der Waals surface area contributed by atoms with Crippen LogP contribution in [-0.2, 0) is 18.9 Å². The molecule has 8 aromatic heterocycles. The Bertz CT molecular complexity index is 6710. The maximum Gasteiger partial charge on any atom is 0.324 e. The van der Waals surface area contributed by atoms with Crippen LogP contribution in [0.4, 0.5) is 66.0 Å². The molecule has 32 heteroatoms. The lowest BCUT2D eigenvalue weighted by Gasteiger charge is -2.27. The van der Waals surface area contributed by atoms with Crippen molar-refractivity contribution < 1.29 is 55.7 Å². The van der Waals surface area contributed by atoms with Gasteiger partial charge < -0.3 is 38.5 Å². The second kappa shape index (κ2) is 41.5. The van der Waals surface area contributed by atoms with Crippen LogP contribution in [0.5, 0.6) is 0 Å². The predicted molar refractivity (Wildman–Crippen MR) is 507 cm³/mol. The van der Waals surface area contributed by atoms with E-state index in [1.807, 2.05) is 73.8 Å². The molecule has 7 aromatic carbocycles. The minimum atomic E-state index is -0.389. The SMILES string of the molecule is Cc1ccnc2ccc(-c3c(-c4ccc(F)cc4)nc(NC(=O)N4CCOCC4)nc3C3CC3)cc12.Cc1ccnc2ccc(-c3ccc(NC(=O)N4CCOCC4)nc3-c3ccc(F)cc3)cc12.Cc1ccnc2ccc(-c3cnc(NC(=O)N4CCOCC4)nc3-c3ccc(F)cc3)cc12.[C-]#[N+]c1cc(NC(=O)N2CCOCC2)nc(-c2ccc(F)cc2)c1-c1cc(C)nc(Cl)c1. The Morgan fingerprint density at radius 2 is 0.739 bits per heavy atom. The number of hydrogen-bond donors (Lipinski definition) is 4. The van der Waals surface area contributed by atoms with Crippen LogP contribution in [0.1, 0.15) is 46.8 Å². The minimum absolute atomic E-state index is 0.188. The normalized spacial score (nSPS) is 14.3. The number of amides is 8. The first-order valence-electron chi connectivity index (χ1n) is 43.7. The van der Waals surface area contributed by atoms with Crippen molar-refractivity contribution in [3.63, 3.8) is 0 Å². The lowest BCUT2D eigenvalue weighted by molar-refractivity contribution is 0.0564. The second-order valence-corrected chi connectivity index (χ2v) is 32.8. The summed E-state index contributed by atoms with van der Waals surface area (Å²) in [7, 11) is 0. The van der Waals surface area contributed by atoms with Crippen LogP contribution in [0.15, 0.2) is 225 Å². The number of fused-ring (bicyclic) bond motifs is 3. The van der Waals surface area contributed by atoms with Crippen molar-refractivity contribution in [2.24, 2.45) is 0 Å². The lowest BCUT2D eigenvalue weighted by Crippen LogP contribution is -2.43. The van der Waals surface area contributed by atoms with Gasteiger partial charge in [-0.15, -0.1) is 0 Å². The molecule has 0 atom stereocenters. The van der Waals surface area contributed by atoms with Crippen molar-refractivity contribution >= 4 is 97.7 Å². The van der Waals surface area contributed by atoms with Crippen LogP contribution >= 0.6 is 11.6 Å². The molecule has 0 unspecified atom stereocenters. The molecule has 134 heavy (non-hydrogen) atoms. The molecule has 8 amide bonds. The van der Waals surface area contributed by atoms with Gasteiger partial charge in [0.05, 0.1) is 104 Å². The van der Waals surface area contributed by atoms with E-state index in [4.69, 9.17) is 52.1 Å². The van der Waals surface area contributed by atoms with E-state index in [0.717, 1.165) is 118 Å². The molecule has 0 radical (unpaired) electrons. The number of urea groups is 4. The van der Waals surface area contributed by atoms with E-state index in [9.17, 15) is 36.7 Å². The van der Waals surface area contributed by atoms with Crippen molar-refractivity contribution in [1.82, 2.24) is 69.4 Å². The van der Waals surface area contributed by atoms with Crippen LogP contribution in [0, 0.1) is 57.5 Å². The first kappa shape index (κ1) is 90.7. The number of rotatable bonds is 13. The molecule has 5 aliphatic rings. The van der Waals surface area contributed by atoms with E-state index in [-0.39, 0.29) is 81.9 Å². The van der Waals surface area contributed by atoms with Crippen LogP contribution in [0.25, 0.3) is 127 Å². The summed E-state index contributed by atoms with van der Waals surface area (Å²) in [6.07, 6.45) is 9.14. The number of benzene rings is 7. The van der Waals surface area contributed by atoms with Crippen LogP contribution in [-0.4, -0.2) is 199 Å². The minimum Gasteiger partial charge on any atom is -0.378 e. The van der Waals surface area contributed by atoms with Gasteiger partial charge in [0, 0.05) is 144 Å². The van der Waals surface area contributed by atoms with E-state index in [2.05, 4.69) is 93.0 Å². The van der Waals surface area contributed by atoms with Crippen LogP contribution in [0.3, 0.4) is 0 Å². The number of carbonyl (C=O) groups is 4. The Morgan fingerprint density at radius 1 is 0.366 bits per heavy atom. The smallest absolute Gasteiger partial charge is 0.324 e. The van der Waals surface area contributed by atoms with Gasteiger partial charge in [-0.1, -0.05) is 29.8 Å². The van der Waals surface area contributed by atoms with Gasteiger partial charge in [-0.2, -0.15) is 0 Å². The number of aromatic nitrogens is 10. The second-order valence-electron chi connectivity index (χ2n) is 32.4. The van der Waals surface area contributed by atoms with Crippen molar-refractivity contribution in [2.45, 2.75) is 46.5 Å². The highest BCUT2D eigenvalue weighted by molar-refractivity contribution is 6.29. The monoisotopic (exact) mass is 1820 g/mol. The fraction of sp³-hybridized carbons (Fsp3) is 0.225. The summed E-state index contributed by atoms with van der Waals surface area (Å²) < 4.78 is 75.8. The molecular formula is C102H90ClF4N19O8. The zero-order valence-corrected chi connectivity index (χ0v) is 74.3. The molecule has 5 fully saturated rings. The van der Waals surface area contributed by atoms with Crippen LogP contribution < -0.4 is 21.3 Å². The molecule has 12 heterocycles. The zero-order chi connectivity index (χ0) is 92.9. The van der Waals surface area contributed by atoms with E-state index in [1.165, 1.54) is 54.6 Å². The van der Waals surface area contributed by atoms with E-state index in [0.29, 0.717) is 156 Å². The van der Waals surface area contributed by atoms with E-state index >= 15 is 0 Å². The number of morpholine rings is 4. The van der Waals surface area contributed by atoms with E-state index in [1.54, 1.807) is 112 Å². The van der Waals surface area contributed by atoms with Crippen molar-refractivity contribution in [3.8, 4) is 89.5 Å². The molecule has 4 N–H and O–H groups in total. The molecule has 1 saturated carbocycles. The summed E-state index contributed by atoms with van der Waals surface area (Å²) in [6.45, 7) is 23.8. The topological polar surface area (TPSA) is 300 Å². The number of hydrogen-bond acceptors (Lipinski definition) is 18. The number of ether oxygens (including phenoxy) is 4. The fourth-order valence-corrected chi connectivity index (χ4v) is 16.3. The number of carbonyl (C=O) groups excluding carboxylic acids is 4. The molecule has 0 bridgehead atoms. The zero-order valence-electron chi connectivity index (χ0n) is 73.5. The number of halogens is 5.